The van der Waals surface area contributed by atoms with Crippen molar-refractivity contribution in [2.75, 3.05) is 26.1 Å². The average molecular weight is 570 g/mol. The topological polar surface area (TPSA) is 203 Å². The number of fused-ring (bicyclic) bond motifs is 1. The summed E-state index contributed by atoms with van der Waals surface area (Å²) in [6.45, 7) is 8.69. The summed E-state index contributed by atoms with van der Waals surface area (Å²) in [5.41, 5.74) is 4.34. The van der Waals surface area contributed by atoms with Crippen LogP contribution < -0.4 is 15.4 Å². The molecule has 2 aromatic heterocycles. The van der Waals surface area contributed by atoms with Crippen molar-refractivity contribution in [3.05, 3.63) is 6.33 Å². The molecule has 3 heterocycles. The number of aliphatic hydroxyl groups is 2. The Balaban J connectivity index is 1.46. The Kier molecular flexibility index (Phi) is 8.43. The molecule has 0 radical (unpaired) electrons. The number of rotatable bonds is 10. The molecule has 15 nitrogen and oxygen atoms in total. The summed E-state index contributed by atoms with van der Waals surface area (Å²) in [5.74, 6) is -0.493. The Bertz CT molecular complexity index is 1230. The second kappa shape index (κ2) is 11.2. The number of ether oxygens (including phenoxy) is 3. The second-order valence-electron chi connectivity index (χ2n) is 11.2. The summed E-state index contributed by atoms with van der Waals surface area (Å²) in [7, 11) is -1.03. The molecule has 2 aliphatic rings. The molecule has 2 fully saturated rings. The number of hydroxylamine groups is 1. The van der Waals surface area contributed by atoms with Gasteiger partial charge in [-0.2, -0.15) is 9.97 Å². The van der Waals surface area contributed by atoms with Gasteiger partial charge in [0.1, 0.15) is 24.4 Å². The van der Waals surface area contributed by atoms with Crippen molar-refractivity contribution < 1.29 is 38.9 Å². The molecule has 1 saturated heterocycles. The number of methoxy groups -OCH3 is 1. The van der Waals surface area contributed by atoms with Crippen LogP contribution in [0, 0.1) is 5.41 Å². The molecule has 0 spiro atoms. The highest BCUT2D eigenvalue weighted by Crippen LogP contribution is 2.42. The zero-order chi connectivity index (χ0) is 28.7. The zero-order valence-corrected chi connectivity index (χ0v) is 23.7. The fourth-order valence-electron chi connectivity index (χ4n) is 3.99. The summed E-state index contributed by atoms with van der Waals surface area (Å²) < 4.78 is 22.0. The van der Waals surface area contributed by atoms with Gasteiger partial charge in [0.2, 0.25) is 11.8 Å². The first-order valence-electron chi connectivity index (χ1n) is 12.6. The third kappa shape index (κ3) is 6.46. The summed E-state index contributed by atoms with van der Waals surface area (Å²) in [5, 5.41) is 22.1. The van der Waals surface area contributed by atoms with Crippen molar-refractivity contribution in [3.63, 3.8) is 0 Å². The van der Waals surface area contributed by atoms with E-state index < -0.39 is 44.1 Å². The quantitative estimate of drug-likeness (QED) is 0.205. The number of imidazole rings is 1. The summed E-state index contributed by atoms with van der Waals surface area (Å²) in [6.07, 6.45) is -0.667. The number of nitrogen functional groups attached to an aromatic ring is 1. The van der Waals surface area contributed by atoms with Gasteiger partial charge in [0, 0.05) is 4.83 Å². The van der Waals surface area contributed by atoms with Crippen LogP contribution in [0.5, 0.6) is 5.88 Å². The molecule has 16 heteroatoms. The number of esters is 1. The SMILES string of the molecule is COc1nc(N)nc2c1ncn2[C@@H]1O[C@H](CON(C2CC2)[P+]([O-])=N[C@@H](C)C(=O)OCC(C)(C)C)[C@@H](O)[C@@]1(C)O. The van der Waals surface area contributed by atoms with Gasteiger partial charge in [0.05, 0.1) is 26.1 Å². The lowest BCUT2D eigenvalue weighted by Crippen LogP contribution is -2.44. The van der Waals surface area contributed by atoms with Crippen molar-refractivity contribution in [2.45, 2.75) is 83.6 Å². The van der Waals surface area contributed by atoms with E-state index in [9.17, 15) is 19.9 Å². The van der Waals surface area contributed by atoms with Gasteiger partial charge >= 0.3 is 5.97 Å². The van der Waals surface area contributed by atoms with E-state index in [1.54, 1.807) is 0 Å². The summed E-state index contributed by atoms with van der Waals surface area (Å²) >= 11 is 0. The molecule has 1 aliphatic heterocycles. The van der Waals surface area contributed by atoms with E-state index in [-0.39, 0.29) is 42.1 Å². The van der Waals surface area contributed by atoms with E-state index in [0.717, 1.165) is 12.8 Å². The first-order valence-corrected chi connectivity index (χ1v) is 13.8. The van der Waals surface area contributed by atoms with Gasteiger partial charge in [0.25, 0.3) is 8.09 Å². The van der Waals surface area contributed by atoms with Crippen molar-refractivity contribution in [1.82, 2.24) is 24.4 Å². The van der Waals surface area contributed by atoms with Crippen LogP contribution >= 0.6 is 8.09 Å². The third-order valence-electron chi connectivity index (χ3n) is 6.27. The smallest absolute Gasteiger partial charge is 0.334 e. The van der Waals surface area contributed by atoms with Gasteiger partial charge < -0.3 is 35.1 Å². The van der Waals surface area contributed by atoms with Crippen LogP contribution in [-0.4, -0.2) is 90.8 Å². The minimum atomic E-state index is -2.44. The Morgan fingerprint density at radius 2 is 2.13 bits per heavy atom. The van der Waals surface area contributed by atoms with Crippen LogP contribution in [0.1, 0.15) is 53.7 Å². The number of aromatic nitrogens is 4. The van der Waals surface area contributed by atoms with Crippen LogP contribution in [0.4, 0.5) is 5.95 Å². The van der Waals surface area contributed by atoms with Gasteiger partial charge in [-0.15, -0.1) is 0 Å². The van der Waals surface area contributed by atoms with Crippen LogP contribution in [0.25, 0.3) is 11.2 Å². The van der Waals surface area contributed by atoms with Crippen LogP contribution in [0.3, 0.4) is 0 Å². The van der Waals surface area contributed by atoms with Crippen molar-refractivity contribution >= 4 is 31.2 Å². The van der Waals surface area contributed by atoms with E-state index in [1.165, 1.54) is 36.7 Å². The van der Waals surface area contributed by atoms with E-state index in [0.29, 0.717) is 5.52 Å². The first kappa shape index (κ1) is 29.5. The van der Waals surface area contributed by atoms with Crippen LogP contribution in [-0.2, 0) is 19.1 Å². The van der Waals surface area contributed by atoms with Gasteiger partial charge in [-0.25, -0.2) is 9.78 Å². The Hall–Kier alpha value is -2.52. The lowest BCUT2D eigenvalue weighted by atomic mass is 9.96. The van der Waals surface area contributed by atoms with Gasteiger partial charge in [0.15, 0.2) is 23.4 Å². The molecule has 216 valence electrons. The van der Waals surface area contributed by atoms with E-state index >= 15 is 0 Å². The molecular weight excluding hydrogens is 533 g/mol. The number of aliphatic hydroxyl groups excluding tert-OH is 1. The number of carbonyl (C=O) groups is 1. The fourth-order valence-corrected chi connectivity index (χ4v) is 5.16. The molecule has 0 amide bonds. The largest absolute Gasteiger partial charge is 0.593 e. The molecule has 39 heavy (non-hydrogen) atoms. The molecule has 2 aromatic rings. The highest BCUT2D eigenvalue weighted by molar-refractivity contribution is 7.36. The predicted molar refractivity (Wildman–Crippen MR) is 137 cm³/mol. The molecule has 1 unspecified atom stereocenters. The van der Waals surface area contributed by atoms with Gasteiger partial charge in [-0.05, 0) is 32.1 Å². The molecule has 1 saturated carbocycles. The highest BCUT2D eigenvalue weighted by Gasteiger charge is 2.54. The van der Waals surface area contributed by atoms with Gasteiger partial charge in [-0.1, -0.05) is 25.5 Å². The number of anilines is 1. The number of hydrogen-bond acceptors (Lipinski definition) is 13. The molecule has 6 atom stereocenters. The predicted octanol–water partition coefficient (Wildman–Crippen LogP) is 0.656. The molecular formula is C23H36N7O8P. The second-order valence-corrected chi connectivity index (χ2v) is 12.3. The number of nitrogens with two attached hydrogens (primary N) is 1. The number of hydrogen-bond donors (Lipinski definition) is 3. The third-order valence-corrected chi connectivity index (χ3v) is 7.59. The van der Waals surface area contributed by atoms with E-state index in [2.05, 4.69) is 19.7 Å². The maximum atomic E-state index is 13.0. The highest BCUT2D eigenvalue weighted by atomic mass is 31.1. The average Bonchev–Trinajstić information content (AvgIpc) is 3.57. The molecule has 0 bridgehead atoms. The standard InChI is InChI=1S/C23H36N7O8P/c1-12(19(32)36-10-22(2,3)4)28-39(34)30(13-7-8-13)37-9-14-16(31)23(5,33)20(38-14)29-11-25-15-17(29)26-21(24)27-18(15)35-6/h11-14,16,20,31,33H,7-10H2,1-6H3,(H2,24,26,27)/t12-,14+,16+,20+,23+/m0/s1. The van der Waals surface area contributed by atoms with Crippen LogP contribution in [0.2, 0.25) is 0 Å². The lowest BCUT2D eigenvalue weighted by Gasteiger charge is -2.27. The summed E-state index contributed by atoms with van der Waals surface area (Å²) in [4.78, 5) is 44.8. The maximum absolute atomic E-state index is 13.0. The fraction of sp³-hybridized carbons (Fsp3) is 0.739. The minimum absolute atomic E-state index is 0.0664. The normalized spacial score (nSPS) is 26.8. The number of carbonyl (C=O) groups excluding carboxylic acids is 1. The molecule has 4 rings (SSSR count). The Morgan fingerprint density at radius 3 is 2.74 bits per heavy atom. The molecule has 4 N–H and O–H groups in total. The van der Waals surface area contributed by atoms with Crippen molar-refractivity contribution in [1.29, 1.82) is 0 Å². The van der Waals surface area contributed by atoms with Crippen LogP contribution in [0.15, 0.2) is 11.1 Å². The minimum Gasteiger partial charge on any atom is -0.593 e. The monoisotopic (exact) mass is 569 g/mol. The van der Waals surface area contributed by atoms with Crippen molar-refractivity contribution in [2.24, 2.45) is 10.2 Å². The molecule has 0 aromatic carbocycles. The zero-order valence-electron chi connectivity index (χ0n) is 22.8. The number of nitrogens with zero attached hydrogens (tertiary/aromatic N) is 6. The van der Waals surface area contributed by atoms with Gasteiger partial charge in [-0.3, -0.25) is 9.40 Å². The van der Waals surface area contributed by atoms with Crippen molar-refractivity contribution in [3.8, 4) is 5.88 Å². The summed E-state index contributed by atoms with van der Waals surface area (Å²) in [6, 6.07) is -1.12. The maximum Gasteiger partial charge on any atom is 0.334 e. The lowest BCUT2D eigenvalue weighted by molar-refractivity contribution is -0.213. The van der Waals surface area contributed by atoms with E-state index in [1.807, 2.05) is 20.8 Å². The Morgan fingerprint density at radius 1 is 1.44 bits per heavy atom. The van der Waals surface area contributed by atoms with E-state index in [4.69, 9.17) is 24.8 Å². The first-order chi connectivity index (χ1) is 18.2. The Labute approximate surface area is 226 Å². The molecule has 1 aliphatic carbocycles.